The minimum absolute atomic E-state index is 0.0598. The van der Waals surface area contributed by atoms with Gasteiger partial charge in [0, 0.05) is 17.9 Å². The molecular formula is C17H19BrN2O. The Morgan fingerprint density at radius 1 is 1.19 bits per heavy atom. The first-order chi connectivity index (χ1) is 9.97. The number of nitrogen functional groups attached to an aromatic ring is 1. The average Bonchev–Trinajstić information content (AvgIpc) is 2.45. The van der Waals surface area contributed by atoms with Crippen molar-refractivity contribution < 1.29 is 4.79 Å². The normalized spacial score (nSPS) is 10.4. The summed E-state index contributed by atoms with van der Waals surface area (Å²) in [5.41, 5.74) is 9.69. The zero-order chi connectivity index (χ0) is 15.4. The van der Waals surface area contributed by atoms with Crippen LogP contribution in [0, 0.1) is 6.92 Å². The smallest absolute Gasteiger partial charge is 0.227 e. The number of hydrogen-bond acceptors (Lipinski definition) is 2. The molecule has 0 heterocycles. The molecule has 2 N–H and O–H groups in total. The monoisotopic (exact) mass is 346 g/mol. The van der Waals surface area contributed by atoms with Crippen molar-refractivity contribution in [3.05, 3.63) is 58.1 Å². The zero-order valence-electron chi connectivity index (χ0n) is 12.3. The van der Waals surface area contributed by atoms with E-state index < -0.39 is 0 Å². The van der Waals surface area contributed by atoms with E-state index in [-0.39, 0.29) is 5.91 Å². The molecule has 0 fully saturated rings. The molecule has 0 aromatic heterocycles. The Hall–Kier alpha value is -1.81. The highest BCUT2D eigenvalue weighted by Crippen LogP contribution is 2.26. The fraction of sp³-hybridized carbons (Fsp3) is 0.235. The maximum Gasteiger partial charge on any atom is 0.227 e. The van der Waals surface area contributed by atoms with Crippen molar-refractivity contribution in [3.63, 3.8) is 0 Å². The van der Waals surface area contributed by atoms with Gasteiger partial charge < -0.3 is 10.6 Å². The summed E-state index contributed by atoms with van der Waals surface area (Å²) in [7, 11) is 1.76. The molecule has 4 heteroatoms. The van der Waals surface area contributed by atoms with Gasteiger partial charge in [0.1, 0.15) is 0 Å². The molecule has 0 radical (unpaired) electrons. The SMILES string of the molecule is Cc1ccc(CCC(=O)N(C)c2ccc(Br)cc2N)cc1. The molecule has 0 atom stereocenters. The Morgan fingerprint density at radius 2 is 1.86 bits per heavy atom. The third kappa shape index (κ3) is 4.08. The molecule has 1 amide bonds. The summed E-state index contributed by atoms with van der Waals surface area (Å²) in [5, 5.41) is 0. The quantitative estimate of drug-likeness (QED) is 0.852. The Bertz CT molecular complexity index is 638. The summed E-state index contributed by atoms with van der Waals surface area (Å²) in [6.45, 7) is 2.05. The number of amides is 1. The topological polar surface area (TPSA) is 46.3 Å². The van der Waals surface area contributed by atoms with E-state index in [0.29, 0.717) is 12.1 Å². The van der Waals surface area contributed by atoms with Crippen LogP contribution < -0.4 is 10.6 Å². The van der Waals surface area contributed by atoms with Crippen LogP contribution in [0.5, 0.6) is 0 Å². The van der Waals surface area contributed by atoms with Gasteiger partial charge in [0.05, 0.1) is 11.4 Å². The highest BCUT2D eigenvalue weighted by Gasteiger charge is 2.13. The van der Waals surface area contributed by atoms with Crippen LogP contribution >= 0.6 is 15.9 Å². The molecule has 0 bridgehead atoms. The average molecular weight is 347 g/mol. The van der Waals surface area contributed by atoms with Gasteiger partial charge in [-0.1, -0.05) is 45.8 Å². The lowest BCUT2D eigenvalue weighted by atomic mass is 10.1. The first-order valence-corrected chi connectivity index (χ1v) is 7.64. The van der Waals surface area contributed by atoms with Crippen molar-refractivity contribution in [2.24, 2.45) is 0 Å². The van der Waals surface area contributed by atoms with Crippen molar-refractivity contribution in [2.45, 2.75) is 19.8 Å². The van der Waals surface area contributed by atoms with Crippen LogP contribution in [0.3, 0.4) is 0 Å². The van der Waals surface area contributed by atoms with Crippen molar-refractivity contribution in [2.75, 3.05) is 17.7 Å². The number of halogens is 1. The second kappa shape index (κ2) is 6.76. The van der Waals surface area contributed by atoms with Crippen LogP contribution in [0.15, 0.2) is 46.9 Å². The summed E-state index contributed by atoms with van der Waals surface area (Å²) in [4.78, 5) is 13.9. The molecule has 2 rings (SSSR count). The molecule has 0 unspecified atom stereocenters. The van der Waals surface area contributed by atoms with Crippen LogP contribution in [0.1, 0.15) is 17.5 Å². The van der Waals surface area contributed by atoms with Gasteiger partial charge in [-0.2, -0.15) is 0 Å². The van der Waals surface area contributed by atoms with Gasteiger partial charge in [0.25, 0.3) is 0 Å². The number of nitrogens with two attached hydrogens (primary N) is 1. The first-order valence-electron chi connectivity index (χ1n) is 6.84. The lowest BCUT2D eigenvalue weighted by Crippen LogP contribution is -2.27. The molecule has 2 aromatic rings. The number of carbonyl (C=O) groups excluding carboxylic acids is 1. The van der Waals surface area contributed by atoms with E-state index in [1.54, 1.807) is 18.0 Å². The third-order valence-electron chi connectivity index (χ3n) is 3.47. The molecule has 3 nitrogen and oxygen atoms in total. The number of aryl methyl sites for hydroxylation is 2. The van der Waals surface area contributed by atoms with Crippen molar-refractivity contribution in [1.29, 1.82) is 0 Å². The van der Waals surface area contributed by atoms with Gasteiger partial charge in [-0.15, -0.1) is 0 Å². The summed E-state index contributed by atoms with van der Waals surface area (Å²) in [6, 6.07) is 13.8. The largest absolute Gasteiger partial charge is 0.397 e. The zero-order valence-corrected chi connectivity index (χ0v) is 13.9. The predicted octanol–water partition coefficient (Wildman–Crippen LogP) is 3.94. The van der Waals surface area contributed by atoms with Gasteiger partial charge >= 0.3 is 0 Å². The Morgan fingerprint density at radius 3 is 2.48 bits per heavy atom. The van der Waals surface area contributed by atoms with Crippen molar-refractivity contribution >= 4 is 33.2 Å². The maximum atomic E-state index is 12.3. The number of anilines is 2. The van der Waals surface area contributed by atoms with E-state index in [4.69, 9.17) is 5.73 Å². The first kappa shape index (κ1) is 15.6. The third-order valence-corrected chi connectivity index (χ3v) is 3.97. The summed E-state index contributed by atoms with van der Waals surface area (Å²) >= 11 is 3.37. The number of hydrogen-bond donors (Lipinski definition) is 1. The molecule has 21 heavy (non-hydrogen) atoms. The maximum absolute atomic E-state index is 12.3. The molecule has 0 saturated heterocycles. The molecule has 2 aromatic carbocycles. The summed E-state index contributed by atoms with van der Waals surface area (Å²) in [6.07, 6.45) is 1.20. The van der Waals surface area contributed by atoms with E-state index in [9.17, 15) is 4.79 Å². The number of rotatable bonds is 4. The van der Waals surface area contributed by atoms with E-state index in [1.807, 2.05) is 12.1 Å². The summed E-state index contributed by atoms with van der Waals surface area (Å²) in [5.74, 6) is 0.0598. The van der Waals surface area contributed by atoms with E-state index in [1.165, 1.54) is 11.1 Å². The molecule has 110 valence electrons. The molecule has 0 spiro atoms. The number of carbonyl (C=O) groups is 1. The van der Waals surface area contributed by atoms with Gasteiger partial charge in [-0.25, -0.2) is 0 Å². The molecule has 0 aliphatic rings. The standard InChI is InChI=1S/C17H19BrN2O/c1-12-3-5-13(6-4-12)7-10-17(21)20(2)16-9-8-14(18)11-15(16)19/h3-6,8-9,11H,7,10,19H2,1-2H3. The minimum Gasteiger partial charge on any atom is -0.397 e. The van der Waals surface area contributed by atoms with Gasteiger partial charge in [0.2, 0.25) is 5.91 Å². The molecule has 0 aliphatic heterocycles. The fourth-order valence-electron chi connectivity index (χ4n) is 2.14. The van der Waals surface area contributed by atoms with Gasteiger partial charge in [-0.3, -0.25) is 4.79 Å². The van der Waals surface area contributed by atoms with Gasteiger partial charge in [-0.05, 0) is 37.1 Å². The predicted molar refractivity (Wildman–Crippen MR) is 91.5 cm³/mol. The number of nitrogens with zero attached hydrogens (tertiary/aromatic N) is 1. The van der Waals surface area contributed by atoms with Gasteiger partial charge in [0.15, 0.2) is 0 Å². The Kier molecular flexibility index (Phi) is 5.02. The van der Waals surface area contributed by atoms with Crippen LogP contribution in [0.4, 0.5) is 11.4 Å². The highest BCUT2D eigenvalue weighted by molar-refractivity contribution is 9.10. The molecular weight excluding hydrogens is 328 g/mol. The molecule has 0 aliphatic carbocycles. The van der Waals surface area contributed by atoms with E-state index >= 15 is 0 Å². The lowest BCUT2D eigenvalue weighted by molar-refractivity contribution is -0.118. The highest BCUT2D eigenvalue weighted by atomic mass is 79.9. The second-order valence-electron chi connectivity index (χ2n) is 5.14. The Balaban J connectivity index is 2.00. The van der Waals surface area contributed by atoms with Crippen molar-refractivity contribution in [3.8, 4) is 0 Å². The van der Waals surface area contributed by atoms with Crippen molar-refractivity contribution in [1.82, 2.24) is 0 Å². The van der Waals surface area contributed by atoms with E-state index in [0.717, 1.165) is 16.6 Å². The minimum atomic E-state index is 0.0598. The second-order valence-corrected chi connectivity index (χ2v) is 6.06. The Labute approximate surface area is 133 Å². The fourth-order valence-corrected chi connectivity index (χ4v) is 2.52. The van der Waals surface area contributed by atoms with Crippen LogP contribution in [0.25, 0.3) is 0 Å². The van der Waals surface area contributed by atoms with Crippen LogP contribution in [-0.4, -0.2) is 13.0 Å². The molecule has 0 saturated carbocycles. The van der Waals surface area contributed by atoms with Crippen LogP contribution in [-0.2, 0) is 11.2 Å². The summed E-state index contributed by atoms with van der Waals surface area (Å²) < 4.78 is 0.907. The van der Waals surface area contributed by atoms with E-state index in [2.05, 4.69) is 47.1 Å². The number of benzene rings is 2. The lowest BCUT2D eigenvalue weighted by Gasteiger charge is -2.19. The van der Waals surface area contributed by atoms with Crippen LogP contribution in [0.2, 0.25) is 0 Å².